The fourth-order valence-electron chi connectivity index (χ4n) is 10.9. The van der Waals surface area contributed by atoms with Crippen LogP contribution in [0.25, 0.3) is 0 Å². The molecule has 2 aliphatic heterocycles. The van der Waals surface area contributed by atoms with Gasteiger partial charge < -0.3 is 19.1 Å². The summed E-state index contributed by atoms with van der Waals surface area (Å²) in [6.07, 6.45) is 11.9. The van der Waals surface area contributed by atoms with Crippen molar-refractivity contribution >= 4 is 12.1 Å². The number of ether oxygens (including phenoxy) is 3. The second-order valence-corrected chi connectivity index (χ2v) is 17.5. The van der Waals surface area contributed by atoms with Gasteiger partial charge in [0.1, 0.15) is 12.7 Å². The lowest BCUT2D eigenvalue weighted by Crippen LogP contribution is -2.54. The molecule has 1 unspecified atom stereocenters. The van der Waals surface area contributed by atoms with Crippen LogP contribution in [0.1, 0.15) is 112 Å². The van der Waals surface area contributed by atoms with Crippen LogP contribution in [0.15, 0.2) is 53.1 Å². The Bertz CT molecular complexity index is 1440. The molecule has 1 aromatic rings. The molecule has 0 aromatic heterocycles. The predicted molar refractivity (Wildman–Crippen MR) is 183 cm³/mol. The van der Waals surface area contributed by atoms with Gasteiger partial charge in [0.2, 0.25) is 0 Å². The molecule has 4 aliphatic carbocycles. The van der Waals surface area contributed by atoms with Gasteiger partial charge in [0.25, 0.3) is 0 Å². The summed E-state index contributed by atoms with van der Waals surface area (Å²) in [5, 5.41) is 0. The summed E-state index contributed by atoms with van der Waals surface area (Å²) in [5.41, 5.74) is 5.28. The summed E-state index contributed by atoms with van der Waals surface area (Å²) in [6.45, 7) is 16.4. The lowest BCUT2D eigenvalue weighted by molar-refractivity contribution is -0.160. The van der Waals surface area contributed by atoms with Crippen LogP contribution in [-0.2, 0) is 25.6 Å². The van der Waals surface area contributed by atoms with E-state index in [1.807, 2.05) is 56.0 Å². The van der Waals surface area contributed by atoms with Crippen LogP contribution in [0.2, 0.25) is 0 Å². The van der Waals surface area contributed by atoms with E-state index in [0.717, 1.165) is 63.5 Å². The van der Waals surface area contributed by atoms with Gasteiger partial charge in [-0.25, -0.2) is 4.79 Å². The van der Waals surface area contributed by atoms with Crippen LogP contribution in [-0.4, -0.2) is 47.4 Å². The van der Waals surface area contributed by atoms with Crippen LogP contribution >= 0.6 is 0 Å². The number of fused-ring (bicyclic) bond motifs is 6. The Morgan fingerprint density at radius 1 is 1.06 bits per heavy atom. The van der Waals surface area contributed by atoms with Gasteiger partial charge in [-0.1, -0.05) is 73.9 Å². The number of benzene rings is 1. The van der Waals surface area contributed by atoms with E-state index >= 15 is 0 Å². The minimum Gasteiger partial charge on any atom is -0.462 e. The number of hydrogen-bond acceptors (Lipinski definition) is 5. The lowest BCUT2D eigenvalue weighted by Gasteiger charge is -2.49. The number of carbonyl (C=O) groups excluding carboxylic acids is 2. The third kappa shape index (κ3) is 5.78. The number of rotatable bonds is 3. The van der Waals surface area contributed by atoms with Crippen LogP contribution in [0.4, 0.5) is 4.79 Å². The molecule has 2 heterocycles. The molecule has 0 radical (unpaired) electrons. The number of allylic oxidation sites excluding steroid dienone is 2. The van der Waals surface area contributed by atoms with Gasteiger partial charge in [-0.2, -0.15) is 0 Å². The quantitative estimate of drug-likeness (QED) is 0.243. The highest BCUT2D eigenvalue weighted by Crippen LogP contribution is 2.64. The number of carbonyl (C=O) groups is 2. The molecule has 1 aromatic carbocycles. The number of hydrogen-bond donors (Lipinski definition) is 0. The average molecular weight is 644 g/mol. The summed E-state index contributed by atoms with van der Waals surface area (Å²) < 4.78 is 19.1. The lowest BCUT2D eigenvalue weighted by atomic mass is 9.56. The van der Waals surface area contributed by atoms with Gasteiger partial charge in [0.05, 0.1) is 23.2 Å². The first kappa shape index (κ1) is 32.9. The fourth-order valence-corrected chi connectivity index (χ4v) is 10.9. The Balaban J connectivity index is 1.06. The Labute approximate surface area is 282 Å². The normalized spacial score (nSPS) is 39.7. The molecule has 256 valence electrons. The maximum absolute atomic E-state index is 13.6. The maximum atomic E-state index is 13.6. The number of likely N-dealkylation sites (tertiary alicyclic amines) is 1. The Morgan fingerprint density at radius 3 is 2.57 bits per heavy atom. The zero-order valence-electron chi connectivity index (χ0n) is 29.8. The van der Waals surface area contributed by atoms with Gasteiger partial charge in [0, 0.05) is 18.9 Å². The molecule has 4 fully saturated rings. The monoisotopic (exact) mass is 643 g/mol. The van der Waals surface area contributed by atoms with E-state index in [1.54, 1.807) is 5.57 Å². The van der Waals surface area contributed by atoms with E-state index in [2.05, 4.69) is 33.8 Å². The highest BCUT2D eigenvalue weighted by Gasteiger charge is 2.60. The van der Waals surface area contributed by atoms with Gasteiger partial charge >= 0.3 is 12.1 Å². The van der Waals surface area contributed by atoms with Gasteiger partial charge in [-0.15, -0.1) is 0 Å². The Morgan fingerprint density at radius 2 is 1.83 bits per heavy atom. The second kappa shape index (κ2) is 12.1. The van der Waals surface area contributed by atoms with Crippen molar-refractivity contribution < 1.29 is 23.8 Å². The number of piperidine rings is 1. The predicted octanol–water partition coefficient (Wildman–Crippen LogP) is 9.04. The topological polar surface area (TPSA) is 65.1 Å². The molecule has 6 aliphatic rings. The number of amides is 1. The van der Waals surface area contributed by atoms with Crippen LogP contribution < -0.4 is 0 Å². The first-order chi connectivity index (χ1) is 22.3. The van der Waals surface area contributed by atoms with Crippen molar-refractivity contribution in [2.45, 2.75) is 137 Å². The Kier molecular flexibility index (Phi) is 8.45. The second-order valence-electron chi connectivity index (χ2n) is 17.5. The van der Waals surface area contributed by atoms with Crippen molar-refractivity contribution in [3.05, 3.63) is 58.7 Å². The van der Waals surface area contributed by atoms with Gasteiger partial charge in [-0.05, 0) is 114 Å². The van der Waals surface area contributed by atoms with E-state index < -0.39 is 5.41 Å². The molecular weight excluding hydrogens is 586 g/mol. The maximum Gasteiger partial charge on any atom is 0.410 e. The number of esters is 1. The molecule has 0 N–H and O–H groups in total. The first-order valence-corrected chi connectivity index (χ1v) is 18.5. The first-order valence-electron chi connectivity index (χ1n) is 18.5. The summed E-state index contributed by atoms with van der Waals surface area (Å²) >= 11 is 0. The molecule has 6 heteroatoms. The zero-order valence-corrected chi connectivity index (χ0v) is 29.8. The molecular formula is C41H57NO5. The van der Waals surface area contributed by atoms with Crippen LogP contribution in [0.3, 0.4) is 0 Å². The van der Waals surface area contributed by atoms with Crippen molar-refractivity contribution in [2.24, 2.45) is 40.4 Å². The van der Waals surface area contributed by atoms with Crippen molar-refractivity contribution in [1.29, 1.82) is 0 Å². The summed E-state index contributed by atoms with van der Waals surface area (Å²) in [4.78, 5) is 28.3. The molecule has 10 atom stereocenters. The van der Waals surface area contributed by atoms with E-state index in [0.29, 0.717) is 30.3 Å². The molecule has 7 rings (SSSR count). The fraction of sp³-hybridized carbons (Fsp3) is 0.707. The third-order valence-corrected chi connectivity index (χ3v) is 13.5. The average Bonchev–Trinajstić information content (AvgIpc) is 3.49. The van der Waals surface area contributed by atoms with Gasteiger partial charge in [0.15, 0.2) is 0 Å². The van der Waals surface area contributed by atoms with E-state index in [4.69, 9.17) is 14.2 Å². The molecule has 2 saturated heterocycles. The largest absolute Gasteiger partial charge is 0.462 e. The molecule has 1 spiro atoms. The summed E-state index contributed by atoms with van der Waals surface area (Å²) in [6, 6.07) is 10.0. The molecule has 0 bridgehead atoms. The Hall–Kier alpha value is -2.60. The summed E-state index contributed by atoms with van der Waals surface area (Å²) in [7, 11) is 0. The van der Waals surface area contributed by atoms with Gasteiger partial charge in [-0.3, -0.25) is 4.79 Å². The minimum atomic E-state index is -0.464. The van der Waals surface area contributed by atoms with Crippen molar-refractivity contribution in [1.82, 2.24) is 4.90 Å². The van der Waals surface area contributed by atoms with Crippen molar-refractivity contribution in [3.8, 4) is 0 Å². The molecule has 47 heavy (non-hydrogen) atoms. The van der Waals surface area contributed by atoms with E-state index in [1.165, 1.54) is 17.6 Å². The van der Waals surface area contributed by atoms with E-state index in [9.17, 15) is 9.59 Å². The number of nitrogens with zero attached hydrogens (tertiary/aromatic N) is 1. The smallest absolute Gasteiger partial charge is 0.410 e. The van der Waals surface area contributed by atoms with Crippen molar-refractivity contribution in [3.63, 3.8) is 0 Å². The molecule has 6 nitrogen and oxygen atoms in total. The standard InChI is InChI=1S/C41H57NO5/c1-25-19-35-36(42(23-25)38(44)45-24-28-11-9-8-10-12-28)27(3)41(47-35)18-16-31-32-14-13-29-20-30(46-37(43)39(4,5)6)15-17-40(29,7)34(32)21-33(31)26(2)22-41/h8-13,25,27,30-32,34-36H,14-24H2,1-7H3/t25-,27+,30-,31-,32?,34-,35+,36-,40-,41-/m0/s1. The van der Waals surface area contributed by atoms with Crippen LogP contribution in [0, 0.1) is 40.4 Å². The van der Waals surface area contributed by atoms with E-state index in [-0.39, 0.29) is 47.2 Å². The van der Waals surface area contributed by atoms with Crippen molar-refractivity contribution in [2.75, 3.05) is 6.54 Å². The third-order valence-electron chi connectivity index (χ3n) is 13.5. The molecule has 2 saturated carbocycles. The minimum absolute atomic E-state index is 0.00716. The highest BCUT2D eigenvalue weighted by atomic mass is 16.6. The van der Waals surface area contributed by atoms with Crippen LogP contribution in [0.5, 0.6) is 0 Å². The highest BCUT2D eigenvalue weighted by molar-refractivity contribution is 5.75. The zero-order chi connectivity index (χ0) is 33.3. The summed E-state index contributed by atoms with van der Waals surface area (Å²) in [5.74, 6) is 2.48. The SMILES string of the molecule is CC1=C2C[C@H]3C(CC=C4C[C@@H](OC(=O)C(C)(C)C)CC[C@@]43C)[C@@H]2CC[C@@]2(C1)O[C@@H]1C[C@H](C)CN(C(=O)OCc3ccccc3)[C@H]1[C@H]2C. The molecule has 1 amide bonds.